The lowest BCUT2D eigenvalue weighted by molar-refractivity contribution is -0.166. The van der Waals surface area contributed by atoms with Gasteiger partial charge in [0.2, 0.25) is 5.91 Å². The van der Waals surface area contributed by atoms with Crippen LogP contribution in [0.25, 0.3) is 0 Å². The quantitative estimate of drug-likeness (QED) is 0.845. The van der Waals surface area contributed by atoms with Crippen molar-refractivity contribution in [3.8, 4) is 0 Å². The van der Waals surface area contributed by atoms with E-state index in [-0.39, 0.29) is 29.4 Å². The van der Waals surface area contributed by atoms with Crippen LogP contribution in [0.15, 0.2) is 0 Å². The van der Waals surface area contributed by atoms with Crippen molar-refractivity contribution in [2.45, 2.75) is 64.6 Å². The number of amides is 1. The molecule has 0 heterocycles. The first-order valence-electron chi connectivity index (χ1n) is 7.51. The summed E-state index contributed by atoms with van der Waals surface area (Å²) >= 11 is 0. The van der Waals surface area contributed by atoms with E-state index in [2.05, 4.69) is 13.8 Å². The summed E-state index contributed by atoms with van der Waals surface area (Å²) in [6, 6.07) is 0.515. The highest BCUT2D eigenvalue weighted by Crippen LogP contribution is 2.46. The molecule has 0 aliphatic heterocycles. The maximum absolute atomic E-state index is 12.5. The molecule has 4 heteroatoms. The van der Waals surface area contributed by atoms with Gasteiger partial charge in [0.15, 0.2) is 0 Å². The van der Waals surface area contributed by atoms with E-state index in [1.807, 2.05) is 18.9 Å². The number of hydrogen-bond acceptors (Lipinski definition) is 3. The zero-order chi connectivity index (χ0) is 14.2. The Hall–Kier alpha value is -0.610. The van der Waals surface area contributed by atoms with Gasteiger partial charge in [0.1, 0.15) is 0 Å². The Morgan fingerprint density at radius 1 is 1.37 bits per heavy atom. The fourth-order valence-corrected chi connectivity index (χ4v) is 3.69. The number of carbonyl (C=O) groups excluding carboxylic acids is 1. The number of carbonyl (C=O) groups is 1. The van der Waals surface area contributed by atoms with Crippen LogP contribution in [-0.2, 0) is 9.53 Å². The summed E-state index contributed by atoms with van der Waals surface area (Å²) in [6.45, 7) is 7.17. The summed E-state index contributed by atoms with van der Waals surface area (Å²) in [5.74, 6) is 0.419. The Balaban J connectivity index is 1.94. The van der Waals surface area contributed by atoms with Crippen molar-refractivity contribution in [3.63, 3.8) is 0 Å². The molecule has 2 aliphatic carbocycles. The predicted octanol–water partition coefficient (Wildman–Crippen LogP) is 1.78. The SMILES string of the molecule is CCO[C@@H]1C[C@H](N(C)C(=O)[C@H]2CC[C@H](N)C2)C1(C)C. The highest BCUT2D eigenvalue weighted by atomic mass is 16.5. The number of rotatable bonds is 4. The molecule has 0 radical (unpaired) electrons. The maximum atomic E-state index is 12.5. The molecule has 0 aromatic carbocycles. The first kappa shape index (κ1) is 14.8. The first-order chi connectivity index (χ1) is 8.87. The van der Waals surface area contributed by atoms with E-state index in [0.717, 1.165) is 32.3 Å². The third kappa shape index (κ3) is 2.65. The van der Waals surface area contributed by atoms with Crippen LogP contribution < -0.4 is 5.73 Å². The summed E-state index contributed by atoms with van der Waals surface area (Å²) < 4.78 is 5.74. The number of nitrogens with zero attached hydrogens (tertiary/aromatic N) is 1. The summed E-state index contributed by atoms with van der Waals surface area (Å²) in [7, 11) is 1.95. The fourth-order valence-electron chi connectivity index (χ4n) is 3.69. The molecule has 0 saturated heterocycles. The average Bonchev–Trinajstić information content (AvgIpc) is 2.79. The maximum Gasteiger partial charge on any atom is 0.225 e. The van der Waals surface area contributed by atoms with Crippen LogP contribution >= 0.6 is 0 Å². The molecule has 2 N–H and O–H groups in total. The van der Waals surface area contributed by atoms with Crippen LogP contribution in [-0.4, -0.2) is 42.6 Å². The van der Waals surface area contributed by atoms with Gasteiger partial charge in [0.05, 0.1) is 6.10 Å². The molecule has 0 aromatic heterocycles. The van der Waals surface area contributed by atoms with E-state index in [0.29, 0.717) is 6.04 Å². The zero-order valence-electron chi connectivity index (χ0n) is 12.7. The Kier molecular flexibility index (Phi) is 4.21. The molecule has 2 saturated carbocycles. The lowest BCUT2D eigenvalue weighted by Crippen LogP contribution is -2.62. The molecule has 0 unspecified atom stereocenters. The van der Waals surface area contributed by atoms with Crippen molar-refractivity contribution in [2.24, 2.45) is 17.1 Å². The van der Waals surface area contributed by atoms with Gasteiger partial charge in [0, 0.05) is 37.1 Å². The van der Waals surface area contributed by atoms with Crippen molar-refractivity contribution in [1.82, 2.24) is 4.90 Å². The Morgan fingerprint density at radius 2 is 2.05 bits per heavy atom. The number of hydrogen-bond donors (Lipinski definition) is 1. The average molecular weight is 268 g/mol. The van der Waals surface area contributed by atoms with E-state index < -0.39 is 0 Å². The fraction of sp³-hybridized carbons (Fsp3) is 0.933. The molecule has 19 heavy (non-hydrogen) atoms. The van der Waals surface area contributed by atoms with Crippen LogP contribution in [0.3, 0.4) is 0 Å². The number of ether oxygens (including phenoxy) is 1. The van der Waals surface area contributed by atoms with Gasteiger partial charge in [-0.15, -0.1) is 0 Å². The monoisotopic (exact) mass is 268 g/mol. The molecule has 4 nitrogen and oxygen atoms in total. The second-order valence-corrected chi connectivity index (χ2v) is 6.74. The summed E-state index contributed by atoms with van der Waals surface area (Å²) in [5, 5.41) is 0. The summed E-state index contributed by atoms with van der Waals surface area (Å²) in [6.07, 6.45) is 4.03. The predicted molar refractivity (Wildman–Crippen MR) is 75.7 cm³/mol. The minimum atomic E-state index is 0.0567. The van der Waals surface area contributed by atoms with Gasteiger partial charge < -0.3 is 15.4 Å². The topological polar surface area (TPSA) is 55.6 Å². The van der Waals surface area contributed by atoms with Crippen LogP contribution in [0.4, 0.5) is 0 Å². The Morgan fingerprint density at radius 3 is 2.53 bits per heavy atom. The molecule has 2 fully saturated rings. The van der Waals surface area contributed by atoms with E-state index >= 15 is 0 Å². The highest BCUT2D eigenvalue weighted by Gasteiger charge is 2.52. The van der Waals surface area contributed by atoms with Gasteiger partial charge in [0.25, 0.3) is 0 Å². The van der Waals surface area contributed by atoms with Gasteiger partial charge in [-0.2, -0.15) is 0 Å². The smallest absolute Gasteiger partial charge is 0.225 e. The second kappa shape index (κ2) is 5.41. The molecule has 1 amide bonds. The molecule has 2 rings (SSSR count). The number of nitrogens with two attached hydrogens (primary N) is 1. The minimum absolute atomic E-state index is 0.0567. The van der Waals surface area contributed by atoms with Crippen molar-refractivity contribution in [3.05, 3.63) is 0 Å². The van der Waals surface area contributed by atoms with Gasteiger partial charge in [-0.25, -0.2) is 0 Å². The molecule has 0 spiro atoms. The van der Waals surface area contributed by atoms with E-state index in [4.69, 9.17) is 10.5 Å². The third-order valence-corrected chi connectivity index (χ3v) is 5.13. The first-order valence-corrected chi connectivity index (χ1v) is 7.51. The standard InChI is InChI=1S/C15H28N2O2/c1-5-19-13-9-12(15(13,2)3)17(4)14(18)10-6-7-11(16)8-10/h10-13H,5-9,16H2,1-4H3/t10-,11-,12-,13+/m0/s1. The molecule has 4 atom stereocenters. The normalized spacial score (nSPS) is 36.9. The molecular formula is C15H28N2O2. The van der Waals surface area contributed by atoms with Crippen molar-refractivity contribution in [1.29, 1.82) is 0 Å². The highest BCUT2D eigenvalue weighted by molar-refractivity contribution is 5.79. The lowest BCUT2D eigenvalue weighted by Gasteiger charge is -2.55. The van der Waals surface area contributed by atoms with Crippen molar-refractivity contribution >= 4 is 5.91 Å². The van der Waals surface area contributed by atoms with Crippen LogP contribution in [0.5, 0.6) is 0 Å². The van der Waals surface area contributed by atoms with Gasteiger partial charge in [-0.05, 0) is 32.6 Å². The second-order valence-electron chi connectivity index (χ2n) is 6.74. The minimum Gasteiger partial charge on any atom is -0.378 e. The van der Waals surface area contributed by atoms with Gasteiger partial charge in [-0.3, -0.25) is 4.79 Å². The molecule has 110 valence electrons. The third-order valence-electron chi connectivity index (χ3n) is 5.13. The van der Waals surface area contributed by atoms with Crippen LogP contribution in [0.2, 0.25) is 0 Å². The van der Waals surface area contributed by atoms with E-state index in [9.17, 15) is 4.79 Å². The lowest BCUT2D eigenvalue weighted by atomic mass is 9.63. The van der Waals surface area contributed by atoms with Gasteiger partial charge >= 0.3 is 0 Å². The molecule has 0 bridgehead atoms. The van der Waals surface area contributed by atoms with Crippen LogP contribution in [0.1, 0.15) is 46.5 Å². The van der Waals surface area contributed by atoms with Crippen molar-refractivity contribution in [2.75, 3.05) is 13.7 Å². The summed E-state index contributed by atoms with van der Waals surface area (Å²) in [5.41, 5.74) is 5.97. The Bertz CT molecular complexity index is 343. The van der Waals surface area contributed by atoms with Crippen LogP contribution in [0, 0.1) is 11.3 Å². The largest absolute Gasteiger partial charge is 0.378 e. The van der Waals surface area contributed by atoms with Gasteiger partial charge in [-0.1, -0.05) is 13.8 Å². The van der Waals surface area contributed by atoms with Crippen molar-refractivity contribution < 1.29 is 9.53 Å². The molecular weight excluding hydrogens is 240 g/mol. The zero-order valence-corrected chi connectivity index (χ0v) is 12.7. The Labute approximate surface area is 116 Å². The van der Waals surface area contributed by atoms with E-state index in [1.54, 1.807) is 0 Å². The van der Waals surface area contributed by atoms with E-state index in [1.165, 1.54) is 0 Å². The summed E-state index contributed by atoms with van der Waals surface area (Å²) in [4.78, 5) is 14.5. The molecule has 0 aromatic rings. The molecule has 2 aliphatic rings.